The van der Waals surface area contributed by atoms with E-state index in [1.54, 1.807) is 0 Å². The Morgan fingerprint density at radius 2 is 1.96 bits per heavy atom. The molecule has 124 valence electrons. The molecule has 24 heavy (non-hydrogen) atoms. The van der Waals surface area contributed by atoms with E-state index >= 15 is 0 Å². The number of nitrogens with zero attached hydrogens (tertiary/aromatic N) is 2. The average Bonchev–Trinajstić information content (AvgIpc) is 2.89. The number of hydrogen-bond acceptors (Lipinski definition) is 5. The molecule has 3 rings (SSSR count). The van der Waals surface area contributed by atoms with E-state index in [0.29, 0.717) is 13.9 Å². The van der Waals surface area contributed by atoms with Gasteiger partial charge in [-0.05, 0) is 24.3 Å². The van der Waals surface area contributed by atoms with E-state index in [4.69, 9.17) is 11.6 Å². The molecule has 10 heteroatoms. The lowest BCUT2D eigenvalue weighted by atomic mass is 10.2. The molecule has 0 saturated heterocycles. The Kier molecular flexibility index (Phi) is 4.41. The summed E-state index contributed by atoms with van der Waals surface area (Å²) in [4.78, 5) is 14.8. The minimum absolute atomic E-state index is 0.136. The highest BCUT2D eigenvalue weighted by Crippen LogP contribution is 2.40. The van der Waals surface area contributed by atoms with Gasteiger partial charge < -0.3 is 0 Å². The van der Waals surface area contributed by atoms with Gasteiger partial charge in [-0.3, -0.25) is 10.1 Å². The normalized spacial score (nSPS) is 11.8. The van der Waals surface area contributed by atoms with Gasteiger partial charge in [-0.1, -0.05) is 23.4 Å². The summed E-state index contributed by atoms with van der Waals surface area (Å²) in [5.74, 6) is 0. The third-order valence-electron chi connectivity index (χ3n) is 3.02. The van der Waals surface area contributed by atoms with Gasteiger partial charge in [-0.2, -0.15) is 13.2 Å². The molecular formula is C14H6ClF3N2O2S2. The zero-order valence-corrected chi connectivity index (χ0v) is 13.9. The number of fused-ring (bicyclic) bond motifs is 1. The first kappa shape index (κ1) is 17.0. The Labute approximate surface area is 146 Å². The summed E-state index contributed by atoms with van der Waals surface area (Å²) >= 11 is 8.38. The zero-order chi connectivity index (χ0) is 17.5. The number of nitro benzene ring substituents is 1. The van der Waals surface area contributed by atoms with Crippen LogP contribution in [0.25, 0.3) is 10.2 Å². The molecule has 0 radical (unpaired) electrons. The number of hydrogen-bond donors (Lipinski definition) is 0. The molecule has 0 aliphatic heterocycles. The lowest BCUT2D eigenvalue weighted by Gasteiger charge is -2.04. The number of benzene rings is 2. The van der Waals surface area contributed by atoms with Crippen LogP contribution in [0, 0.1) is 10.1 Å². The minimum atomic E-state index is -4.42. The molecule has 1 heterocycles. The molecule has 4 nitrogen and oxygen atoms in total. The van der Waals surface area contributed by atoms with Gasteiger partial charge in [0.05, 0.1) is 25.7 Å². The Hall–Kier alpha value is -1.84. The summed E-state index contributed by atoms with van der Waals surface area (Å²) in [7, 11) is 0. The maximum atomic E-state index is 12.7. The monoisotopic (exact) mass is 390 g/mol. The van der Waals surface area contributed by atoms with Gasteiger partial charge in [0.2, 0.25) is 0 Å². The lowest BCUT2D eigenvalue weighted by Crippen LogP contribution is -2.03. The van der Waals surface area contributed by atoms with Crippen molar-refractivity contribution < 1.29 is 18.1 Å². The van der Waals surface area contributed by atoms with Crippen LogP contribution in [-0.4, -0.2) is 9.91 Å². The number of non-ortho nitro benzene ring substituents is 1. The molecule has 0 unspecified atom stereocenters. The number of aromatic nitrogens is 1. The van der Waals surface area contributed by atoms with Crippen LogP contribution >= 0.6 is 34.7 Å². The van der Waals surface area contributed by atoms with Gasteiger partial charge in [-0.25, -0.2) is 4.98 Å². The maximum absolute atomic E-state index is 12.7. The molecule has 0 amide bonds. The van der Waals surface area contributed by atoms with Gasteiger partial charge in [0.15, 0.2) is 4.34 Å². The van der Waals surface area contributed by atoms with Crippen molar-refractivity contribution in [2.75, 3.05) is 0 Å². The molecule has 0 fully saturated rings. The fourth-order valence-corrected chi connectivity index (χ4v) is 4.20. The van der Waals surface area contributed by atoms with Crippen molar-refractivity contribution in [2.24, 2.45) is 0 Å². The summed E-state index contributed by atoms with van der Waals surface area (Å²) in [6, 6.07) is 7.39. The van der Waals surface area contributed by atoms with Crippen LogP contribution in [0.1, 0.15) is 5.56 Å². The molecule has 0 atom stereocenters. The number of halogens is 4. The van der Waals surface area contributed by atoms with Crippen LogP contribution in [0.2, 0.25) is 5.02 Å². The third kappa shape index (κ3) is 3.47. The first-order valence-electron chi connectivity index (χ1n) is 6.33. The second kappa shape index (κ2) is 6.23. The fourth-order valence-electron chi connectivity index (χ4n) is 1.91. The van der Waals surface area contributed by atoms with E-state index < -0.39 is 16.7 Å². The highest BCUT2D eigenvalue weighted by molar-refractivity contribution is 8.01. The number of alkyl halides is 3. The van der Waals surface area contributed by atoms with Crippen LogP contribution in [0.5, 0.6) is 0 Å². The third-order valence-corrected chi connectivity index (χ3v) is 5.62. The van der Waals surface area contributed by atoms with Gasteiger partial charge in [0, 0.05) is 17.0 Å². The molecular weight excluding hydrogens is 385 g/mol. The van der Waals surface area contributed by atoms with Crippen molar-refractivity contribution in [3.8, 4) is 0 Å². The largest absolute Gasteiger partial charge is 0.416 e. The summed E-state index contributed by atoms with van der Waals surface area (Å²) in [5.41, 5.74) is -0.649. The molecule has 3 aromatic rings. The number of thiazole rings is 1. The van der Waals surface area contributed by atoms with Crippen molar-refractivity contribution in [1.29, 1.82) is 0 Å². The van der Waals surface area contributed by atoms with Gasteiger partial charge in [0.25, 0.3) is 5.69 Å². The molecule has 0 aliphatic rings. The highest BCUT2D eigenvalue weighted by atomic mass is 35.5. The predicted molar refractivity (Wildman–Crippen MR) is 86.9 cm³/mol. The molecule has 0 aliphatic carbocycles. The molecule has 2 aromatic carbocycles. The molecule has 0 spiro atoms. The van der Waals surface area contributed by atoms with Crippen molar-refractivity contribution >= 4 is 50.6 Å². The lowest BCUT2D eigenvalue weighted by molar-refractivity contribution is -0.384. The summed E-state index contributed by atoms with van der Waals surface area (Å²) in [5, 5.41) is 10.9. The van der Waals surface area contributed by atoms with E-state index in [0.717, 1.165) is 23.9 Å². The van der Waals surface area contributed by atoms with Gasteiger partial charge >= 0.3 is 6.18 Å². The van der Waals surface area contributed by atoms with Crippen molar-refractivity contribution in [2.45, 2.75) is 15.4 Å². The molecule has 0 N–H and O–H groups in total. The summed E-state index contributed by atoms with van der Waals surface area (Å²) in [6.07, 6.45) is -4.42. The van der Waals surface area contributed by atoms with Crippen LogP contribution in [0.4, 0.5) is 18.9 Å². The number of nitro groups is 1. The van der Waals surface area contributed by atoms with E-state index in [9.17, 15) is 23.3 Å². The zero-order valence-electron chi connectivity index (χ0n) is 11.5. The van der Waals surface area contributed by atoms with Crippen molar-refractivity contribution in [3.05, 3.63) is 57.1 Å². The Morgan fingerprint density at radius 3 is 2.58 bits per heavy atom. The van der Waals surface area contributed by atoms with Gasteiger partial charge in [-0.15, -0.1) is 11.3 Å². The average molecular weight is 391 g/mol. The topological polar surface area (TPSA) is 56.0 Å². The Balaban J connectivity index is 1.92. The maximum Gasteiger partial charge on any atom is 0.416 e. The Bertz CT molecular complexity index is 943. The predicted octanol–water partition coefficient (Wildman–Crippen LogP) is 6.03. The van der Waals surface area contributed by atoms with Gasteiger partial charge in [0.1, 0.15) is 0 Å². The fraction of sp³-hybridized carbons (Fsp3) is 0.0714. The SMILES string of the molecule is O=[N+]([O-])c1ccc(Sc2nc3cc(C(F)(F)F)ccc3s2)c(Cl)c1. The molecule has 0 saturated carbocycles. The molecule has 1 aromatic heterocycles. The van der Waals surface area contributed by atoms with E-state index in [1.807, 2.05) is 0 Å². The smallest absolute Gasteiger partial charge is 0.258 e. The first-order chi connectivity index (χ1) is 11.2. The second-order valence-corrected chi connectivity index (χ2v) is 7.36. The van der Waals surface area contributed by atoms with Crippen LogP contribution in [0.3, 0.4) is 0 Å². The number of rotatable bonds is 3. The first-order valence-corrected chi connectivity index (χ1v) is 8.35. The van der Waals surface area contributed by atoms with Crippen LogP contribution in [0.15, 0.2) is 45.6 Å². The molecule has 0 bridgehead atoms. The van der Waals surface area contributed by atoms with E-state index in [1.165, 1.54) is 35.6 Å². The second-order valence-electron chi connectivity index (χ2n) is 4.63. The van der Waals surface area contributed by atoms with Crippen molar-refractivity contribution in [1.82, 2.24) is 4.98 Å². The van der Waals surface area contributed by atoms with Crippen LogP contribution < -0.4 is 0 Å². The quantitative estimate of drug-likeness (QED) is 0.405. The minimum Gasteiger partial charge on any atom is -0.258 e. The van der Waals surface area contributed by atoms with E-state index in [-0.39, 0.29) is 16.2 Å². The standard InChI is InChI=1S/C14H6ClF3N2O2S2/c15-9-6-8(20(21)22)2-4-11(9)23-13-19-10-5-7(14(16,17)18)1-3-12(10)24-13/h1-6H. The highest BCUT2D eigenvalue weighted by Gasteiger charge is 2.30. The van der Waals surface area contributed by atoms with Crippen molar-refractivity contribution in [3.63, 3.8) is 0 Å². The Morgan fingerprint density at radius 1 is 1.21 bits per heavy atom. The summed E-state index contributed by atoms with van der Waals surface area (Å²) in [6.45, 7) is 0. The van der Waals surface area contributed by atoms with Crippen LogP contribution in [-0.2, 0) is 6.18 Å². The van der Waals surface area contributed by atoms with E-state index in [2.05, 4.69) is 4.98 Å². The summed E-state index contributed by atoms with van der Waals surface area (Å²) < 4.78 is 39.3.